The first kappa shape index (κ1) is 19.3. The van der Waals surface area contributed by atoms with Crippen LogP contribution < -0.4 is 10.1 Å². The SMILES string of the molecule is CCCCOCc1cc(C(=O)Nc2cccc(Cl)c2)ccc1OCC. The van der Waals surface area contributed by atoms with Gasteiger partial charge in [0, 0.05) is 28.4 Å². The molecule has 2 aromatic rings. The van der Waals surface area contributed by atoms with Crippen molar-refractivity contribution < 1.29 is 14.3 Å². The van der Waals surface area contributed by atoms with E-state index in [4.69, 9.17) is 21.1 Å². The van der Waals surface area contributed by atoms with Crippen LogP contribution in [0.1, 0.15) is 42.6 Å². The van der Waals surface area contributed by atoms with Gasteiger partial charge in [-0.2, -0.15) is 0 Å². The molecule has 1 amide bonds. The number of anilines is 1. The Kier molecular flexibility index (Phi) is 7.76. The van der Waals surface area contributed by atoms with Crippen molar-refractivity contribution in [3.63, 3.8) is 0 Å². The van der Waals surface area contributed by atoms with E-state index >= 15 is 0 Å². The Hall–Kier alpha value is -2.04. The van der Waals surface area contributed by atoms with Gasteiger partial charge in [0.2, 0.25) is 0 Å². The Labute approximate surface area is 154 Å². The van der Waals surface area contributed by atoms with Crippen molar-refractivity contribution in [2.45, 2.75) is 33.3 Å². The summed E-state index contributed by atoms with van der Waals surface area (Å²) in [4.78, 5) is 12.5. The van der Waals surface area contributed by atoms with Gasteiger partial charge in [0.25, 0.3) is 5.91 Å². The van der Waals surface area contributed by atoms with Crippen LogP contribution in [0.15, 0.2) is 42.5 Å². The smallest absolute Gasteiger partial charge is 0.255 e. The average Bonchev–Trinajstić information content (AvgIpc) is 2.60. The van der Waals surface area contributed by atoms with Gasteiger partial charge in [-0.25, -0.2) is 0 Å². The third-order valence-electron chi connectivity index (χ3n) is 3.60. The molecule has 0 aliphatic carbocycles. The summed E-state index contributed by atoms with van der Waals surface area (Å²) >= 11 is 5.95. The Morgan fingerprint density at radius 3 is 2.72 bits per heavy atom. The first-order valence-electron chi connectivity index (χ1n) is 8.54. The zero-order valence-corrected chi connectivity index (χ0v) is 15.4. The molecule has 134 valence electrons. The van der Waals surface area contributed by atoms with Gasteiger partial charge in [0.1, 0.15) is 5.75 Å². The van der Waals surface area contributed by atoms with E-state index in [1.54, 1.807) is 30.3 Å². The summed E-state index contributed by atoms with van der Waals surface area (Å²) in [5.41, 5.74) is 2.08. The number of carbonyl (C=O) groups is 1. The number of carbonyl (C=O) groups excluding carboxylic acids is 1. The molecule has 0 radical (unpaired) electrons. The Balaban J connectivity index is 2.12. The maximum Gasteiger partial charge on any atom is 0.255 e. The van der Waals surface area contributed by atoms with E-state index in [9.17, 15) is 4.79 Å². The fourth-order valence-electron chi connectivity index (χ4n) is 2.33. The van der Waals surface area contributed by atoms with Gasteiger partial charge in [-0.1, -0.05) is 31.0 Å². The van der Waals surface area contributed by atoms with Crippen molar-refractivity contribution >= 4 is 23.2 Å². The van der Waals surface area contributed by atoms with Crippen LogP contribution in [-0.4, -0.2) is 19.1 Å². The fourth-order valence-corrected chi connectivity index (χ4v) is 2.52. The van der Waals surface area contributed by atoms with Gasteiger partial charge in [0.05, 0.1) is 13.2 Å². The molecular formula is C20H24ClNO3. The minimum Gasteiger partial charge on any atom is -0.494 e. The van der Waals surface area contributed by atoms with Gasteiger partial charge >= 0.3 is 0 Å². The summed E-state index contributed by atoms with van der Waals surface area (Å²) in [6.45, 7) is 5.74. The van der Waals surface area contributed by atoms with Crippen molar-refractivity contribution in [2.24, 2.45) is 0 Å². The standard InChI is InChI=1S/C20H24ClNO3/c1-3-5-11-24-14-16-12-15(9-10-19(16)25-4-2)20(23)22-18-8-6-7-17(21)13-18/h6-10,12-13H,3-5,11,14H2,1-2H3,(H,22,23). The molecule has 0 aromatic heterocycles. The first-order valence-corrected chi connectivity index (χ1v) is 8.92. The number of nitrogens with one attached hydrogen (secondary N) is 1. The molecule has 2 aromatic carbocycles. The van der Waals surface area contributed by atoms with E-state index in [2.05, 4.69) is 12.2 Å². The second kappa shape index (κ2) is 10.1. The normalized spacial score (nSPS) is 10.5. The van der Waals surface area contributed by atoms with Crippen LogP contribution in [-0.2, 0) is 11.3 Å². The van der Waals surface area contributed by atoms with Crippen molar-refractivity contribution in [3.8, 4) is 5.75 Å². The lowest BCUT2D eigenvalue weighted by Crippen LogP contribution is -2.13. The molecule has 0 aliphatic heterocycles. The topological polar surface area (TPSA) is 47.6 Å². The quantitative estimate of drug-likeness (QED) is 0.616. The molecular weight excluding hydrogens is 338 g/mol. The maximum absolute atomic E-state index is 12.5. The predicted molar refractivity (Wildman–Crippen MR) is 102 cm³/mol. The number of hydrogen-bond acceptors (Lipinski definition) is 3. The molecule has 0 aliphatic rings. The second-order valence-corrected chi connectivity index (χ2v) is 6.06. The van der Waals surface area contributed by atoms with Crippen LogP contribution in [0.2, 0.25) is 5.02 Å². The third kappa shape index (κ3) is 6.07. The minimum absolute atomic E-state index is 0.194. The lowest BCUT2D eigenvalue weighted by molar-refractivity contribution is 0.102. The molecule has 0 unspecified atom stereocenters. The monoisotopic (exact) mass is 361 g/mol. The number of ether oxygens (including phenoxy) is 2. The van der Waals surface area contributed by atoms with Crippen LogP contribution >= 0.6 is 11.6 Å². The largest absolute Gasteiger partial charge is 0.494 e. The third-order valence-corrected chi connectivity index (χ3v) is 3.84. The molecule has 1 N–H and O–H groups in total. The van der Waals surface area contributed by atoms with E-state index < -0.39 is 0 Å². The first-order chi connectivity index (χ1) is 12.1. The average molecular weight is 362 g/mol. The zero-order valence-electron chi connectivity index (χ0n) is 14.7. The van der Waals surface area contributed by atoms with Crippen LogP contribution in [0.5, 0.6) is 5.75 Å². The minimum atomic E-state index is -0.194. The molecule has 0 saturated carbocycles. The van der Waals surface area contributed by atoms with E-state index in [-0.39, 0.29) is 5.91 Å². The maximum atomic E-state index is 12.5. The van der Waals surface area contributed by atoms with Gasteiger partial charge in [-0.05, 0) is 49.7 Å². The van der Waals surface area contributed by atoms with Crippen molar-refractivity contribution in [1.82, 2.24) is 0 Å². The highest BCUT2D eigenvalue weighted by Crippen LogP contribution is 2.23. The Bertz CT molecular complexity index is 703. The lowest BCUT2D eigenvalue weighted by atomic mass is 10.1. The van der Waals surface area contributed by atoms with Crippen molar-refractivity contribution in [2.75, 3.05) is 18.5 Å². The number of rotatable bonds is 9. The van der Waals surface area contributed by atoms with Crippen LogP contribution in [0, 0.1) is 0 Å². The molecule has 5 heteroatoms. The zero-order chi connectivity index (χ0) is 18.1. The van der Waals surface area contributed by atoms with Crippen molar-refractivity contribution in [1.29, 1.82) is 0 Å². The van der Waals surface area contributed by atoms with Crippen molar-refractivity contribution in [3.05, 3.63) is 58.6 Å². The summed E-state index contributed by atoms with van der Waals surface area (Å²) in [5.74, 6) is 0.554. The Morgan fingerprint density at radius 2 is 2.00 bits per heavy atom. The number of amides is 1. The van der Waals surface area contributed by atoms with Crippen LogP contribution in [0.3, 0.4) is 0 Å². The molecule has 0 spiro atoms. The van der Waals surface area contributed by atoms with E-state index in [0.717, 1.165) is 24.2 Å². The molecule has 4 nitrogen and oxygen atoms in total. The molecule has 2 rings (SSSR count). The molecule has 0 saturated heterocycles. The second-order valence-electron chi connectivity index (χ2n) is 5.63. The molecule has 0 atom stereocenters. The van der Waals surface area contributed by atoms with Crippen LogP contribution in [0.4, 0.5) is 5.69 Å². The molecule has 0 heterocycles. The van der Waals surface area contributed by atoms with Gasteiger partial charge in [-0.3, -0.25) is 4.79 Å². The van der Waals surface area contributed by atoms with E-state index in [1.165, 1.54) is 0 Å². The highest BCUT2D eigenvalue weighted by atomic mass is 35.5. The van der Waals surface area contributed by atoms with E-state index in [0.29, 0.717) is 36.1 Å². The van der Waals surface area contributed by atoms with E-state index in [1.807, 2.05) is 19.1 Å². The molecule has 0 fully saturated rings. The number of benzene rings is 2. The molecule has 25 heavy (non-hydrogen) atoms. The Morgan fingerprint density at radius 1 is 1.16 bits per heavy atom. The van der Waals surface area contributed by atoms with Gasteiger partial charge in [0.15, 0.2) is 0 Å². The summed E-state index contributed by atoms with van der Waals surface area (Å²) in [6.07, 6.45) is 2.10. The predicted octanol–water partition coefficient (Wildman–Crippen LogP) is 5.31. The highest BCUT2D eigenvalue weighted by molar-refractivity contribution is 6.30. The highest BCUT2D eigenvalue weighted by Gasteiger charge is 2.11. The summed E-state index contributed by atoms with van der Waals surface area (Å²) in [5, 5.41) is 3.43. The summed E-state index contributed by atoms with van der Waals surface area (Å²) in [7, 11) is 0. The van der Waals surface area contributed by atoms with Gasteiger partial charge in [-0.15, -0.1) is 0 Å². The number of unbranched alkanes of at least 4 members (excludes halogenated alkanes) is 1. The number of halogens is 1. The lowest BCUT2D eigenvalue weighted by Gasteiger charge is -2.13. The summed E-state index contributed by atoms with van der Waals surface area (Å²) in [6, 6.07) is 12.4. The van der Waals surface area contributed by atoms with Gasteiger partial charge < -0.3 is 14.8 Å². The summed E-state index contributed by atoms with van der Waals surface area (Å²) < 4.78 is 11.3. The molecule has 0 bridgehead atoms. The number of hydrogen-bond donors (Lipinski definition) is 1. The fraction of sp³-hybridized carbons (Fsp3) is 0.350. The van der Waals surface area contributed by atoms with Crippen LogP contribution in [0.25, 0.3) is 0 Å².